The summed E-state index contributed by atoms with van der Waals surface area (Å²) in [6.45, 7) is 0. The van der Waals surface area contributed by atoms with Gasteiger partial charge < -0.3 is 0 Å². The van der Waals surface area contributed by atoms with Gasteiger partial charge in [0.05, 0.1) is 33.3 Å². The summed E-state index contributed by atoms with van der Waals surface area (Å²) in [4.78, 5) is 20.2. The van der Waals surface area contributed by atoms with Crippen molar-refractivity contribution in [2.45, 2.75) is 0 Å². The molecule has 4 heterocycles. The van der Waals surface area contributed by atoms with Gasteiger partial charge in [-0.2, -0.15) is 0 Å². The molecule has 2 unspecified atom stereocenters. The average Bonchev–Trinajstić information content (AvgIpc) is 3.24. The number of aromatic nitrogens is 4. The molecule has 250 valence electrons. The molecular weight excluding hydrogens is 657 g/mol. The van der Waals surface area contributed by atoms with Crippen molar-refractivity contribution in [1.82, 2.24) is 19.9 Å². The van der Waals surface area contributed by atoms with Crippen LogP contribution < -0.4 is 0 Å². The van der Waals surface area contributed by atoms with Crippen LogP contribution in [0.25, 0.3) is 76.9 Å². The zero-order valence-corrected chi connectivity index (χ0v) is 29.1. The second kappa shape index (κ2) is 11.2. The third-order valence-corrected chi connectivity index (χ3v) is 11.7. The molecule has 0 fully saturated rings. The molecule has 0 radical (unpaired) electrons. The van der Waals surface area contributed by atoms with E-state index in [0.717, 1.165) is 71.3 Å². The lowest BCUT2D eigenvalue weighted by Gasteiger charge is -2.42. The molecule has 4 aliphatic carbocycles. The molecule has 0 saturated carbocycles. The monoisotopic (exact) mass is 686 g/mol. The van der Waals surface area contributed by atoms with Gasteiger partial charge in [0.2, 0.25) is 0 Å². The Morgan fingerprint density at radius 1 is 0.481 bits per heavy atom. The molecule has 4 aliphatic rings. The molecule has 4 aromatic carbocycles. The minimum absolute atomic E-state index is 0.198. The third kappa shape index (κ3) is 4.25. The van der Waals surface area contributed by atoms with E-state index >= 15 is 0 Å². The van der Waals surface area contributed by atoms with Gasteiger partial charge in [0.1, 0.15) is 0 Å². The highest BCUT2D eigenvalue weighted by Crippen LogP contribution is 2.54. The zero-order chi connectivity index (χ0) is 35.3. The van der Waals surface area contributed by atoms with Crippen molar-refractivity contribution in [2.75, 3.05) is 0 Å². The predicted molar refractivity (Wildman–Crippen MR) is 221 cm³/mol. The van der Waals surface area contributed by atoms with Crippen molar-refractivity contribution in [3.05, 3.63) is 204 Å². The van der Waals surface area contributed by atoms with Crippen LogP contribution in [0.2, 0.25) is 0 Å². The first kappa shape index (κ1) is 29.5. The van der Waals surface area contributed by atoms with Crippen molar-refractivity contribution < 1.29 is 0 Å². The topological polar surface area (TPSA) is 51.6 Å². The second-order valence-corrected chi connectivity index (χ2v) is 14.6. The summed E-state index contributed by atoms with van der Waals surface area (Å²) in [7, 11) is 0. The number of hydrogen-bond acceptors (Lipinski definition) is 4. The van der Waals surface area contributed by atoms with E-state index in [2.05, 4.69) is 146 Å². The van der Waals surface area contributed by atoms with Crippen LogP contribution in [-0.4, -0.2) is 19.9 Å². The molecule has 54 heavy (non-hydrogen) atoms. The number of fused-ring (bicyclic) bond motifs is 7. The predicted octanol–water partition coefficient (Wildman–Crippen LogP) is 11.7. The van der Waals surface area contributed by atoms with Crippen LogP contribution in [0, 0.1) is 11.8 Å². The maximum Gasteiger partial charge on any atom is 0.0978 e. The molecule has 0 N–H and O–H groups in total. The highest BCUT2D eigenvalue weighted by atomic mass is 14.8. The molecule has 4 nitrogen and oxygen atoms in total. The van der Waals surface area contributed by atoms with Crippen LogP contribution in [0.15, 0.2) is 192 Å². The van der Waals surface area contributed by atoms with E-state index < -0.39 is 0 Å². The van der Waals surface area contributed by atoms with Crippen molar-refractivity contribution in [3.63, 3.8) is 0 Å². The molecule has 2 atom stereocenters. The highest BCUT2D eigenvalue weighted by Gasteiger charge is 2.41. The van der Waals surface area contributed by atoms with Crippen molar-refractivity contribution in [1.29, 1.82) is 0 Å². The van der Waals surface area contributed by atoms with Gasteiger partial charge in [0.15, 0.2) is 0 Å². The Balaban J connectivity index is 0.995. The van der Waals surface area contributed by atoms with Gasteiger partial charge in [0, 0.05) is 67.9 Å². The van der Waals surface area contributed by atoms with Crippen LogP contribution in [0.1, 0.15) is 11.1 Å². The molecule has 0 spiro atoms. The molecule has 12 rings (SSSR count). The van der Waals surface area contributed by atoms with Crippen LogP contribution in [0.5, 0.6) is 0 Å². The minimum Gasteiger partial charge on any atom is -0.254 e. The first-order valence-corrected chi connectivity index (χ1v) is 18.5. The molecule has 0 amide bonds. The summed E-state index contributed by atoms with van der Waals surface area (Å²) in [6.07, 6.45) is 22.5. The molecular formula is C50H30N4. The van der Waals surface area contributed by atoms with Crippen LogP contribution in [0.3, 0.4) is 0 Å². The standard InChI is InChI=1S/C50H30N4/c1-2-7-29(8-3-1)42-25-19-33-12-13-34-27-35(28-52-48(34)49(33)53-42)36-20-14-30-16-22-38-39(23-17-31-15-21-37(36)44(30)45(31)38)46-40-10-4-5-11-43(40)54-50-41(46)24-18-32-9-6-26-51-47(32)50/h1-28,44-45H. The lowest BCUT2D eigenvalue weighted by Crippen LogP contribution is -2.30. The quantitative estimate of drug-likeness (QED) is 0.137. The Hall–Kier alpha value is -7.04. The van der Waals surface area contributed by atoms with Crippen molar-refractivity contribution in [3.8, 4) is 11.3 Å². The summed E-state index contributed by atoms with van der Waals surface area (Å²) in [5.41, 5.74) is 17.0. The Morgan fingerprint density at radius 3 is 2.22 bits per heavy atom. The lowest BCUT2D eigenvalue weighted by molar-refractivity contribution is 0.569. The van der Waals surface area contributed by atoms with Gasteiger partial charge in [0.25, 0.3) is 0 Å². The number of para-hydroxylation sites is 1. The SMILES string of the molecule is C1=CC2=C(c3c4ccccc4nc4c3ccc3cccnc34)C=CC3=CC=C4C(c5cnc6c(ccc7ccc(-c8ccccc8)nc76)c5)=CC=C1C4C32. The molecule has 4 aromatic heterocycles. The van der Waals surface area contributed by atoms with Crippen molar-refractivity contribution in [2.24, 2.45) is 11.8 Å². The van der Waals surface area contributed by atoms with Gasteiger partial charge in [-0.05, 0) is 57.7 Å². The van der Waals surface area contributed by atoms with E-state index in [1.807, 2.05) is 24.5 Å². The Labute approximate surface area is 311 Å². The highest BCUT2D eigenvalue weighted by molar-refractivity contribution is 6.15. The number of nitrogens with zero attached hydrogens (tertiary/aromatic N) is 4. The van der Waals surface area contributed by atoms with Crippen LogP contribution in [0.4, 0.5) is 0 Å². The van der Waals surface area contributed by atoms with Crippen LogP contribution in [-0.2, 0) is 0 Å². The first-order chi connectivity index (χ1) is 26.8. The number of allylic oxidation sites excluding steroid dienone is 14. The Kier molecular flexibility index (Phi) is 6.14. The normalized spacial score (nSPS) is 18.6. The Morgan fingerprint density at radius 2 is 1.26 bits per heavy atom. The van der Waals surface area contributed by atoms with E-state index in [0.29, 0.717) is 0 Å². The lowest BCUT2D eigenvalue weighted by atomic mass is 9.61. The summed E-state index contributed by atoms with van der Waals surface area (Å²) in [5, 5.41) is 5.57. The molecule has 0 bridgehead atoms. The van der Waals surface area contributed by atoms with E-state index in [-0.39, 0.29) is 11.8 Å². The number of hydrogen-bond donors (Lipinski definition) is 0. The number of rotatable bonds is 3. The molecule has 4 heteroatoms. The van der Waals surface area contributed by atoms with Gasteiger partial charge in [-0.15, -0.1) is 0 Å². The van der Waals surface area contributed by atoms with Gasteiger partial charge in [-0.3, -0.25) is 9.97 Å². The fourth-order valence-corrected chi connectivity index (χ4v) is 9.25. The average molecular weight is 687 g/mol. The molecule has 8 aromatic rings. The largest absolute Gasteiger partial charge is 0.254 e. The smallest absolute Gasteiger partial charge is 0.0978 e. The maximum atomic E-state index is 5.19. The van der Waals surface area contributed by atoms with E-state index in [1.165, 1.54) is 39.0 Å². The number of pyridine rings is 4. The van der Waals surface area contributed by atoms with Gasteiger partial charge >= 0.3 is 0 Å². The summed E-state index contributed by atoms with van der Waals surface area (Å²) < 4.78 is 0. The molecule has 0 saturated heterocycles. The van der Waals surface area contributed by atoms with E-state index in [4.69, 9.17) is 19.9 Å². The fourth-order valence-electron chi connectivity index (χ4n) is 9.25. The summed E-state index contributed by atoms with van der Waals surface area (Å²) in [5.74, 6) is 0.401. The molecule has 0 aliphatic heterocycles. The summed E-state index contributed by atoms with van der Waals surface area (Å²) >= 11 is 0. The van der Waals surface area contributed by atoms with Crippen LogP contribution >= 0.6 is 0 Å². The minimum atomic E-state index is 0.198. The first-order valence-electron chi connectivity index (χ1n) is 18.5. The van der Waals surface area contributed by atoms with E-state index in [1.54, 1.807) is 0 Å². The second-order valence-electron chi connectivity index (χ2n) is 14.6. The zero-order valence-electron chi connectivity index (χ0n) is 29.1. The van der Waals surface area contributed by atoms with Gasteiger partial charge in [-0.25, -0.2) is 9.97 Å². The third-order valence-electron chi connectivity index (χ3n) is 11.7. The Bertz CT molecular complexity index is 3210. The number of benzene rings is 4. The van der Waals surface area contributed by atoms with E-state index in [9.17, 15) is 0 Å². The fraction of sp³-hybridized carbons (Fsp3) is 0.0400. The summed E-state index contributed by atoms with van der Waals surface area (Å²) in [6, 6.07) is 38.3. The van der Waals surface area contributed by atoms with Gasteiger partial charge in [-0.1, -0.05) is 134 Å². The maximum absolute atomic E-state index is 5.19. The van der Waals surface area contributed by atoms with Crippen molar-refractivity contribution >= 4 is 65.7 Å².